The number of carbonyl (C=O) groups excluding carboxylic acids is 1. The number of amides is 1. The molecule has 2 atom stereocenters. The molecule has 5 heteroatoms. The van der Waals surface area contributed by atoms with E-state index in [1.165, 1.54) is 5.56 Å². The fraction of sp³-hybridized carbons (Fsp3) is 0.353. The van der Waals surface area contributed by atoms with Gasteiger partial charge in [0.1, 0.15) is 0 Å². The summed E-state index contributed by atoms with van der Waals surface area (Å²) in [4.78, 5) is 14.7. The molecule has 2 heterocycles. The Kier molecular flexibility index (Phi) is 3.90. The lowest BCUT2D eigenvalue weighted by molar-refractivity contribution is 0.100. The molecule has 5 nitrogen and oxygen atoms in total. The molecule has 1 aromatic carbocycles. The summed E-state index contributed by atoms with van der Waals surface area (Å²) in [6.07, 6.45) is 2.83. The molecule has 116 valence electrons. The summed E-state index contributed by atoms with van der Waals surface area (Å²) in [5.41, 5.74) is 8.02. The minimum atomic E-state index is -0.411. The molecule has 1 aliphatic rings. The molecule has 2 aromatic rings. The highest BCUT2D eigenvalue weighted by molar-refractivity contribution is 6.05. The van der Waals surface area contributed by atoms with Gasteiger partial charge >= 0.3 is 0 Å². The van der Waals surface area contributed by atoms with Gasteiger partial charge in [-0.1, -0.05) is 12.6 Å². The van der Waals surface area contributed by atoms with Gasteiger partial charge in [-0.2, -0.15) is 0 Å². The van der Waals surface area contributed by atoms with E-state index in [1.807, 2.05) is 24.4 Å². The molecule has 1 fully saturated rings. The quantitative estimate of drug-likeness (QED) is 0.757. The summed E-state index contributed by atoms with van der Waals surface area (Å²) < 4.78 is 5.30. The highest BCUT2D eigenvalue weighted by atomic mass is 16.5. The van der Waals surface area contributed by atoms with Crippen LogP contribution in [0.3, 0.4) is 0 Å². The number of piperidine rings is 1. The first-order valence-corrected chi connectivity index (χ1v) is 7.45. The third-order valence-corrected chi connectivity index (χ3v) is 4.53. The standard InChI is InChI=1S/C17H21N3O2/c1-10(22-2)11-7-12(9-19-8-11)13-3-4-15(17(18)21)16-14(13)5-6-20-16/h3-6,11-12,19-20H,1,7-9H2,2H3,(H2,18,21). The van der Waals surface area contributed by atoms with E-state index >= 15 is 0 Å². The van der Waals surface area contributed by atoms with Gasteiger partial charge in [-0.05, 0) is 30.0 Å². The molecule has 2 unspecified atom stereocenters. The Morgan fingerprint density at radius 3 is 2.91 bits per heavy atom. The third kappa shape index (κ3) is 2.48. The van der Waals surface area contributed by atoms with Crippen LogP contribution in [-0.4, -0.2) is 31.1 Å². The lowest BCUT2D eigenvalue weighted by Crippen LogP contribution is -2.36. The van der Waals surface area contributed by atoms with Crippen molar-refractivity contribution in [3.05, 3.63) is 47.9 Å². The Balaban J connectivity index is 1.96. The first kappa shape index (κ1) is 14.7. The van der Waals surface area contributed by atoms with Crippen molar-refractivity contribution >= 4 is 16.8 Å². The number of carbonyl (C=O) groups is 1. The summed E-state index contributed by atoms with van der Waals surface area (Å²) in [6.45, 7) is 5.78. The van der Waals surface area contributed by atoms with Gasteiger partial charge in [0.25, 0.3) is 5.91 Å². The zero-order valence-electron chi connectivity index (χ0n) is 12.7. The maximum absolute atomic E-state index is 11.5. The molecule has 3 rings (SSSR count). The van der Waals surface area contributed by atoms with Crippen molar-refractivity contribution in [1.29, 1.82) is 0 Å². The topological polar surface area (TPSA) is 80.1 Å². The maximum atomic E-state index is 11.5. The summed E-state index contributed by atoms with van der Waals surface area (Å²) in [6, 6.07) is 5.83. The van der Waals surface area contributed by atoms with E-state index in [1.54, 1.807) is 7.11 Å². The van der Waals surface area contributed by atoms with Gasteiger partial charge in [0.05, 0.1) is 23.9 Å². The molecule has 0 saturated carbocycles. The SMILES string of the molecule is C=C(OC)C1CNCC(c2ccc(C(N)=O)c3[nH]ccc23)C1. The second kappa shape index (κ2) is 5.85. The number of aromatic nitrogens is 1. The first-order chi connectivity index (χ1) is 10.6. The molecule has 0 spiro atoms. The van der Waals surface area contributed by atoms with E-state index in [0.717, 1.165) is 36.2 Å². The lowest BCUT2D eigenvalue weighted by atomic mass is 9.83. The number of aromatic amines is 1. The number of fused-ring (bicyclic) bond motifs is 1. The van der Waals surface area contributed by atoms with E-state index in [4.69, 9.17) is 10.5 Å². The first-order valence-electron chi connectivity index (χ1n) is 7.45. The zero-order chi connectivity index (χ0) is 15.7. The number of hydrogen-bond donors (Lipinski definition) is 3. The minimum Gasteiger partial charge on any atom is -0.501 e. The second-order valence-corrected chi connectivity index (χ2v) is 5.79. The molecule has 0 aliphatic carbocycles. The Morgan fingerprint density at radius 2 is 2.18 bits per heavy atom. The molecule has 1 aromatic heterocycles. The maximum Gasteiger partial charge on any atom is 0.250 e. The number of hydrogen-bond acceptors (Lipinski definition) is 3. The summed E-state index contributed by atoms with van der Waals surface area (Å²) in [5, 5.41) is 4.51. The molecular weight excluding hydrogens is 278 g/mol. The number of H-pyrrole nitrogens is 1. The normalized spacial score (nSPS) is 21.7. The Morgan fingerprint density at radius 1 is 1.36 bits per heavy atom. The third-order valence-electron chi connectivity index (χ3n) is 4.53. The van der Waals surface area contributed by atoms with Crippen molar-refractivity contribution in [2.24, 2.45) is 11.7 Å². The van der Waals surface area contributed by atoms with E-state index in [2.05, 4.69) is 16.9 Å². The van der Waals surface area contributed by atoms with Crippen LogP contribution in [-0.2, 0) is 4.74 Å². The minimum absolute atomic E-state index is 0.300. The summed E-state index contributed by atoms with van der Waals surface area (Å²) in [5.74, 6) is 1.06. The highest BCUT2D eigenvalue weighted by Crippen LogP contribution is 2.34. The number of nitrogens with one attached hydrogen (secondary N) is 2. The van der Waals surface area contributed by atoms with Crippen LogP contribution in [0.1, 0.15) is 28.3 Å². The van der Waals surface area contributed by atoms with Crippen LogP contribution in [0.2, 0.25) is 0 Å². The average Bonchev–Trinajstić information content (AvgIpc) is 3.02. The number of nitrogens with two attached hydrogens (primary N) is 1. The molecule has 0 bridgehead atoms. The number of methoxy groups -OCH3 is 1. The van der Waals surface area contributed by atoms with Crippen molar-refractivity contribution in [2.75, 3.05) is 20.2 Å². The Hall–Kier alpha value is -2.27. The molecule has 22 heavy (non-hydrogen) atoms. The van der Waals surface area contributed by atoms with Gasteiger partial charge in [-0.25, -0.2) is 0 Å². The summed E-state index contributed by atoms with van der Waals surface area (Å²) in [7, 11) is 1.66. The molecule has 1 amide bonds. The number of primary amides is 1. The highest BCUT2D eigenvalue weighted by Gasteiger charge is 2.27. The van der Waals surface area contributed by atoms with Crippen molar-refractivity contribution in [3.8, 4) is 0 Å². The van der Waals surface area contributed by atoms with Crippen LogP contribution < -0.4 is 11.1 Å². The molecule has 4 N–H and O–H groups in total. The van der Waals surface area contributed by atoms with Gasteiger partial charge in [0.2, 0.25) is 0 Å². The van der Waals surface area contributed by atoms with Gasteiger partial charge in [0, 0.05) is 30.6 Å². The second-order valence-electron chi connectivity index (χ2n) is 5.79. The molecule has 0 radical (unpaired) electrons. The molecule has 1 saturated heterocycles. The monoisotopic (exact) mass is 299 g/mol. The van der Waals surface area contributed by atoms with Crippen LogP contribution in [0.5, 0.6) is 0 Å². The van der Waals surface area contributed by atoms with E-state index < -0.39 is 5.91 Å². The van der Waals surface area contributed by atoms with Crippen LogP contribution in [0.25, 0.3) is 10.9 Å². The number of ether oxygens (including phenoxy) is 1. The van der Waals surface area contributed by atoms with Gasteiger partial charge in [-0.3, -0.25) is 4.79 Å². The van der Waals surface area contributed by atoms with Crippen molar-refractivity contribution in [2.45, 2.75) is 12.3 Å². The largest absolute Gasteiger partial charge is 0.501 e. The number of benzene rings is 1. The summed E-state index contributed by atoms with van der Waals surface area (Å²) >= 11 is 0. The van der Waals surface area contributed by atoms with Crippen molar-refractivity contribution < 1.29 is 9.53 Å². The van der Waals surface area contributed by atoms with Gasteiger partial charge < -0.3 is 20.8 Å². The Labute approximate surface area is 129 Å². The smallest absolute Gasteiger partial charge is 0.250 e. The van der Waals surface area contributed by atoms with Crippen LogP contribution in [0.4, 0.5) is 0 Å². The predicted octanol–water partition coefficient (Wildman–Crippen LogP) is 2.12. The molecule has 1 aliphatic heterocycles. The van der Waals surface area contributed by atoms with Gasteiger partial charge in [0.15, 0.2) is 0 Å². The van der Waals surface area contributed by atoms with Crippen molar-refractivity contribution in [1.82, 2.24) is 10.3 Å². The van der Waals surface area contributed by atoms with Gasteiger partial charge in [-0.15, -0.1) is 0 Å². The Bertz CT molecular complexity index is 720. The lowest BCUT2D eigenvalue weighted by Gasteiger charge is -2.31. The fourth-order valence-corrected chi connectivity index (χ4v) is 3.33. The molecular formula is C17H21N3O2. The number of rotatable bonds is 4. The van der Waals surface area contributed by atoms with E-state index in [0.29, 0.717) is 17.4 Å². The van der Waals surface area contributed by atoms with Crippen molar-refractivity contribution in [3.63, 3.8) is 0 Å². The van der Waals surface area contributed by atoms with Crippen LogP contribution in [0, 0.1) is 5.92 Å². The van der Waals surface area contributed by atoms with Crippen LogP contribution >= 0.6 is 0 Å². The average molecular weight is 299 g/mol. The van der Waals surface area contributed by atoms with E-state index in [-0.39, 0.29) is 0 Å². The zero-order valence-corrected chi connectivity index (χ0v) is 12.7. The van der Waals surface area contributed by atoms with Crippen LogP contribution in [0.15, 0.2) is 36.7 Å². The van der Waals surface area contributed by atoms with E-state index in [9.17, 15) is 4.79 Å². The fourth-order valence-electron chi connectivity index (χ4n) is 3.33. The predicted molar refractivity (Wildman–Crippen MR) is 86.7 cm³/mol.